The molecular weight excluding hydrogens is 384 g/mol. The first-order chi connectivity index (χ1) is 14.3. The van der Waals surface area contributed by atoms with Crippen LogP contribution in [0.1, 0.15) is 13.8 Å². The molecule has 8 nitrogen and oxygen atoms in total. The van der Waals surface area contributed by atoms with Crippen LogP contribution in [0.15, 0.2) is 54.6 Å². The molecule has 160 valence electrons. The van der Waals surface area contributed by atoms with E-state index in [2.05, 4.69) is 46.6 Å². The van der Waals surface area contributed by atoms with Crippen LogP contribution in [0, 0.1) is 0 Å². The van der Waals surface area contributed by atoms with Crippen molar-refractivity contribution in [3.8, 4) is 11.1 Å². The van der Waals surface area contributed by atoms with Gasteiger partial charge in [-0.1, -0.05) is 42.5 Å². The maximum absolute atomic E-state index is 12.5. The van der Waals surface area contributed by atoms with E-state index in [0.717, 1.165) is 11.3 Å². The molecule has 0 radical (unpaired) electrons. The number of piperazine rings is 1. The number of carbonyl (C=O) groups excluding carboxylic acids is 2. The van der Waals surface area contributed by atoms with Crippen molar-refractivity contribution >= 4 is 17.6 Å². The van der Waals surface area contributed by atoms with Crippen molar-refractivity contribution in [3.63, 3.8) is 0 Å². The maximum Gasteiger partial charge on any atom is 0.318 e. The third kappa shape index (κ3) is 5.08. The molecule has 0 aliphatic carbocycles. The molecule has 0 unspecified atom stereocenters. The Labute approximate surface area is 176 Å². The summed E-state index contributed by atoms with van der Waals surface area (Å²) >= 11 is 0. The van der Waals surface area contributed by atoms with Gasteiger partial charge in [-0.2, -0.15) is 0 Å². The molecule has 8 heteroatoms. The van der Waals surface area contributed by atoms with Crippen molar-refractivity contribution in [3.05, 3.63) is 54.6 Å². The normalized spacial score (nSPS) is 15.5. The number of nitrogens with one attached hydrogen (secondary N) is 2. The van der Waals surface area contributed by atoms with Crippen LogP contribution < -0.4 is 15.7 Å². The molecule has 1 aliphatic heterocycles. The highest BCUT2D eigenvalue weighted by Gasteiger charge is 2.36. The van der Waals surface area contributed by atoms with Crippen LogP contribution in [0.2, 0.25) is 0 Å². The molecule has 1 fully saturated rings. The van der Waals surface area contributed by atoms with E-state index >= 15 is 0 Å². The van der Waals surface area contributed by atoms with Crippen LogP contribution in [0.5, 0.6) is 0 Å². The van der Waals surface area contributed by atoms with Gasteiger partial charge in [-0.05, 0) is 37.1 Å². The molecule has 0 aromatic heterocycles. The molecule has 1 aliphatic rings. The Morgan fingerprint density at radius 2 is 1.50 bits per heavy atom. The predicted octanol–water partition coefficient (Wildman–Crippen LogP) is 1.83. The van der Waals surface area contributed by atoms with E-state index in [1.54, 1.807) is 4.90 Å². The second-order valence-electron chi connectivity index (χ2n) is 7.90. The molecule has 1 saturated heterocycles. The van der Waals surface area contributed by atoms with E-state index in [0.29, 0.717) is 26.2 Å². The third-order valence-corrected chi connectivity index (χ3v) is 5.25. The summed E-state index contributed by atoms with van der Waals surface area (Å²) in [5.74, 6) is -0.868. The van der Waals surface area contributed by atoms with Gasteiger partial charge in [0.15, 0.2) is 0 Å². The number of amides is 3. The first-order valence-corrected chi connectivity index (χ1v) is 9.92. The summed E-state index contributed by atoms with van der Waals surface area (Å²) in [6.45, 7) is 5.04. The van der Waals surface area contributed by atoms with E-state index in [1.165, 1.54) is 24.9 Å². The first kappa shape index (κ1) is 21.6. The molecule has 30 heavy (non-hydrogen) atoms. The van der Waals surface area contributed by atoms with E-state index < -0.39 is 23.6 Å². The lowest BCUT2D eigenvalue weighted by atomic mass is 9.98. The maximum atomic E-state index is 12.5. The molecule has 3 amide bonds. The van der Waals surface area contributed by atoms with E-state index in [1.807, 2.05) is 18.2 Å². The van der Waals surface area contributed by atoms with Crippen molar-refractivity contribution in [1.29, 1.82) is 0 Å². The van der Waals surface area contributed by atoms with Crippen molar-refractivity contribution in [2.24, 2.45) is 0 Å². The minimum atomic E-state index is -1.52. The zero-order valence-electron chi connectivity index (χ0n) is 17.2. The van der Waals surface area contributed by atoms with Gasteiger partial charge in [0.25, 0.3) is 5.91 Å². The quantitative estimate of drug-likeness (QED) is 0.443. The Bertz CT molecular complexity index is 857. The fourth-order valence-corrected chi connectivity index (χ4v) is 3.51. The molecule has 4 N–H and O–H groups in total. The summed E-state index contributed by atoms with van der Waals surface area (Å²) in [7, 11) is 0. The van der Waals surface area contributed by atoms with E-state index in [9.17, 15) is 14.7 Å². The smallest absolute Gasteiger partial charge is 0.318 e. The lowest BCUT2D eigenvalue weighted by Gasteiger charge is -2.37. The number of hydroxylamine groups is 1. The van der Waals surface area contributed by atoms with Crippen molar-refractivity contribution in [2.45, 2.75) is 25.5 Å². The number of benzene rings is 2. The van der Waals surface area contributed by atoms with Crippen LogP contribution in [0.3, 0.4) is 0 Å². The van der Waals surface area contributed by atoms with Crippen LogP contribution in [0.25, 0.3) is 11.1 Å². The monoisotopic (exact) mass is 412 g/mol. The van der Waals surface area contributed by atoms with Crippen molar-refractivity contribution < 1.29 is 19.9 Å². The number of carbonyl (C=O) groups is 2. The largest absolute Gasteiger partial charge is 0.388 e. The standard InChI is InChI=1S/C22H28N4O4/c1-22(2,29)19(20(27)24-30)23-21(28)26-14-12-25(13-15-26)18-10-8-17(9-11-18)16-6-4-3-5-7-16/h3-11,19,29-30H,12-15H2,1-2H3,(H,23,28)(H,24,27)/t19-/m1/s1. The van der Waals surface area contributed by atoms with Crippen LogP contribution >= 0.6 is 0 Å². The van der Waals surface area contributed by atoms with Crippen LogP contribution in [-0.4, -0.2) is 65.0 Å². The van der Waals surface area contributed by atoms with Gasteiger partial charge in [-0.3, -0.25) is 10.0 Å². The van der Waals surface area contributed by atoms with E-state index in [-0.39, 0.29) is 0 Å². The molecule has 1 atom stereocenters. The SMILES string of the molecule is CC(C)(O)[C@H](NC(=O)N1CCN(c2ccc(-c3ccccc3)cc2)CC1)C(=O)NO. The van der Waals surface area contributed by atoms with Gasteiger partial charge in [-0.15, -0.1) is 0 Å². The average Bonchev–Trinajstić information content (AvgIpc) is 2.77. The highest BCUT2D eigenvalue weighted by molar-refractivity contribution is 5.87. The summed E-state index contributed by atoms with van der Waals surface area (Å²) in [6, 6.07) is 16.8. The second-order valence-corrected chi connectivity index (χ2v) is 7.90. The second kappa shape index (κ2) is 9.15. The number of aliphatic hydroxyl groups is 1. The zero-order valence-corrected chi connectivity index (χ0v) is 17.2. The molecule has 0 spiro atoms. The Balaban J connectivity index is 1.58. The number of nitrogens with zero attached hydrogens (tertiary/aromatic N) is 2. The fraction of sp³-hybridized carbons (Fsp3) is 0.364. The predicted molar refractivity (Wildman–Crippen MR) is 114 cm³/mol. The van der Waals surface area contributed by atoms with Crippen LogP contribution in [0.4, 0.5) is 10.5 Å². The minimum Gasteiger partial charge on any atom is -0.388 e. The lowest BCUT2D eigenvalue weighted by molar-refractivity contribution is -0.136. The number of hydrogen-bond donors (Lipinski definition) is 4. The van der Waals surface area contributed by atoms with Gasteiger partial charge in [-0.25, -0.2) is 10.3 Å². The molecule has 1 heterocycles. The summed E-state index contributed by atoms with van der Waals surface area (Å²) < 4.78 is 0. The number of anilines is 1. The van der Waals surface area contributed by atoms with Gasteiger partial charge in [0.05, 0.1) is 5.60 Å². The molecule has 2 aromatic carbocycles. The van der Waals surface area contributed by atoms with Crippen molar-refractivity contribution in [2.75, 3.05) is 31.1 Å². The van der Waals surface area contributed by atoms with Gasteiger partial charge in [0.2, 0.25) is 0 Å². The molecular formula is C22H28N4O4. The fourth-order valence-electron chi connectivity index (χ4n) is 3.51. The van der Waals surface area contributed by atoms with Crippen LogP contribution in [-0.2, 0) is 4.79 Å². The molecule has 3 rings (SSSR count). The first-order valence-electron chi connectivity index (χ1n) is 9.92. The summed E-state index contributed by atoms with van der Waals surface area (Å²) in [5, 5.41) is 21.5. The zero-order chi connectivity index (χ0) is 21.7. The lowest BCUT2D eigenvalue weighted by Crippen LogP contribution is -2.61. The summed E-state index contributed by atoms with van der Waals surface area (Å²) in [5.41, 5.74) is 3.36. The number of rotatable bonds is 5. The average molecular weight is 412 g/mol. The Morgan fingerprint density at radius 3 is 2.03 bits per heavy atom. The highest BCUT2D eigenvalue weighted by atomic mass is 16.5. The molecule has 2 aromatic rings. The Hall–Kier alpha value is -3.10. The van der Waals surface area contributed by atoms with Crippen molar-refractivity contribution in [1.82, 2.24) is 15.7 Å². The number of urea groups is 1. The topological polar surface area (TPSA) is 105 Å². The van der Waals surface area contributed by atoms with Gasteiger partial charge < -0.3 is 20.2 Å². The summed E-state index contributed by atoms with van der Waals surface area (Å²) in [6.07, 6.45) is 0. The minimum absolute atomic E-state index is 0.454. The Morgan fingerprint density at radius 1 is 0.933 bits per heavy atom. The third-order valence-electron chi connectivity index (χ3n) is 5.25. The van der Waals surface area contributed by atoms with E-state index in [4.69, 9.17) is 5.21 Å². The Kier molecular flexibility index (Phi) is 6.59. The molecule has 0 bridgehead atoms. The summed E-state index contributed by atoms with van der Waals surface area (Å²) in [4.78, 5) is 28.1. The van der Waals surface area contributed by atoms with Gasteiger partial charge in [0, 0.05) is 31.9 Å². The van der Waals surface area contributed by atoms with Gasteiger partial charge in [0.1, 0.15) is 6.04 Å². The highest BCUT2D eigenvalue weighted by Crippen LogP contribution is 2.24. The van der Waals surface area contributed by atoms with Gasteiger partial charge >= 0.3 is 6.03 Å². The molecule has 0 saturated carbocycles. The number of hydrogen-bond acceptors (Lipinski definition) is 5.